The zero-order valence-corrected chi connectivity index (χ0v) is 12.2. The van der Waals surface area contributed by atoms with Crippen LogP contribution >= 0.6 is 15.9 Å². The summed E-state index contributed by atoms with van der Waals surface area (Å²) in [6.07, 6.45) is -2.81. The predicted molar refractivity (Wildman–Crippen MR) is 70.3 cm³/mol. The van der Waals surface area contributed by atoms with Gasteiger partial charge in [0.1, 0.15) is 5.75 Å². The molecule has 1 unspecified atom stereocenters. The topological polar surface area (TPSA) is 35.2 Å². The number of alkyl halides is 3. The van der Waals surface area contributed by atoms with Crippen molar-refractivity contribution in [3.63, 3.8) is 0 Å². The molecule has 0 aromatic heterocycles. The molecule has 2 N–H and O–H groups in total. The largest absolute Gasteiger partial charge is 0.495 e. The van der Waals surface area contributed by atoms with E-state index in [1.54, 1.807) is 6.07 Å². The summed E-state index contributed by atoms with van der Waals surface area (Å²) in [6, 6.07) is 2.68. The average Bonchev–Trinajstić information content (AvgIpc) is 3.07. The van der Waals surface area contributed by atoms with Crippen molar-refractivity contribution in [3.8, 4) is 5.75 Å². The van der Waals surface area contributed by atoms with Gasteiger partial charge in [0.2, 0.25) is 0 Å². The van der Waals surface area contributed by atoms with Crippen molar-refractivity contribution in [1.82, 2.24) is 0 Å². The van der Waals surface area contributed by atoms with Gasteiger partial charge in [-0.05, 0) is 53.4 Å². The van der Waals surface area contributed by atoms with Crippen LogP contribution in [0.2, 0.25) is 0 Å². The molecule has 0 bridgehead atoms. The highest BCUT2D eigenvalue weighted by molar-refractivity contribution is 9.10. The number of hydrogen-bond acceptors (Lipinski definition) is 2. The van der Waals surface area contributed by atoms with E-state index in [-0.39, 0.29) is 17.2 Å². The lowest BCUT2D eigenvalue weighted by molar-refractivity contribution is -0.138. The van der Waals surface area contributed by atoms with Gasteiger partial charge in [-0.2, -0.15) is 13.2 Å². The van der Waals surface area contributed by atoms with Crippen molar-refractivity contribution in [1.29, 1.82) is 0 Å². The SMILES string of the molecule is COc1c(Br)cc(C2(C(C)N)CC2)cc1C(F)(F)F. The van der Waals surface area contributed by atoms with Gasteiger partial charge in [-0.15, -0.1) is 0 Å². The number of nitrogens with two attached hydrogens (primary N) is 1. The van der Waals surface area contributed by atoms with E-state index in [1.165, 1.54) is 13.2 Å². The third kappa shape index (κ3) is 2.48. The summed E-state index contributed by atoms with van der Waals surface area (Å²) in [6.45, 7) is 1.83. The van der Waals surface area contributed by atoms with E-state index in [1.807, 2.05) is 6.92 Å². The lowest BCUT2D eigenvalue weighted by Crippen LogP contribution is -2.31. The van der Waals surface area contributed by atoms with Gasteiger partial charge in [-0.3, -0.25) is 0 Å². The van der Waals surface area contributed by atoms with Gasteiger partial charge in [0.15, 0.2) is 0 Å². The van der Waals surface area contributed by atoms with Crippen LogP contribution in [0.3, 0.4) is 0 Å². The fourth-order valence-corrected chi connectivity index (χ4v) is 3.06. The maximum Gasteiger partial charge on any atom is 0.420 e. The molecule has 0 aliphatic heterocycles. The summed E-state index contributed by atoms with van der Waals surface area (Å²) >= 11 is 3.15. The molecule has 0 amide bonds. The van der Waals surface area contributed by atoms with Crippen molar-refractivity contribution in [2.75, 3.05) is 7.11 Å². The summed E-state index contributed by atoms with van der Waals surface area (Å²) in [4.78, 5) is 0. The number of ether oxygens (including phenoxy) is 1. The first kappa shape index (κ1) is 14.7. The fourth-order valence-electron chi connectivity index (χ4n) is 2.44. The first-order valence-corrected chi connectivity index (χ1v) is 6.72. The first-order valence-electron chi connectivity index (χ1n) is 5.93. The Morgan fingerprint density at radius 2 is 1.95 bits per heavy atom. The van der Waals surface area contributed by atoms with Crippen LogP contribution in [-0.4, -0.2) is 13.2 Å². The van der Waals surface area contributed by atoms with Crippen molar-refractivity contribution >= 4 is 15.9 Å². The van der Waals surface area contributed by atoms with Crippen molar-refractivity contribution in [2.45, 2.75) is 37.4 Å². The van der Waals surface area contributed by atoms with Gasteiger partial charge in [-0.1, -0.05) is 0 Å². The van der Waals surface area contributed by atoms with Crippen LogP contribution in [-0.2, 0) is 11.6 Å². The van der Waals surface area contributed by atoms with E-state index in [0.717, 1.165) is 12.8 Å². The monoisotopic (exact) mass is 337 g/mol. The molecule has 1 atom stereocenters. The summed E-state index contributed by atoms with van der Waals surface area (Å²) in [5, 5.41) is 0. The molecular formula is C13H15BrF3NO. The smallest absolute Gasteiger partial charge is 0.420 e. The summed E-state index contributed by atoms with van der Waals surface area (Å²) in [5.41, 5.74) is 5.46. The molecular weight excluding hydrogens is 323 g/mol. The molecule has 19 heavy (non-hydrogen) atoms. The molecule has 1 aliphatic rings. The van der Waals surface area contributed by atoms with E-state index in [4.69, 9.17) is 10.5 Å². The molecule has 0 radical (unpaired) electrons. The molecule has 1 aliphatic carbocycles. The average molecular weight is 338 g/mol. The lowest BCUT2D eigenvalue weighted by atomic mass is 9.88. The molecule has 0 heterocycles. The second-order valence-corrected chi connectivity index (χ2v) is 5.84. The Labute approximate surface area is 118 Å². The molecule has 1 fully saturated rings. The summed E-state index contributed by atoms with van der Waals surface area (Å²) < 4.78 is 44.4. The molecule has 1 aromatic rings. The number of halogens is 4. The maximum atomic E-state index is 13.1. The highest BCUT2D eigenvalue weighted by Gasteiger charge is 2.49. The Kier molecular flexibility index (Phi) is 3.60. The minimum Gasteiger partial charge on any atom is -0.495 e. The maximum absolute atomic E-state index is 13.1. The van der Waals surface area contributed by atoms with Crippen LogP contribution in [0.1, 0.15) is 30.9 Å². The van der Waals surface area contributed by atoms with Crippen molar-refractivity contribution in [3.05, 3.63) is 27.7 Å². The highest BCUT2D eigenvalue weighted by Crippen LogP contribution is 2.53. The van der Waals surface area contributed by atoms with Crippen LogP contribution < -0.4 is 10.5 Å². The Morgan fingerprint density at radius 1 is 1.37 bits per heavy atom. The van der Waals surface area contributed by atoms with Crippen LogP contribution in [0.25, 0.3) is 0 Å². The first-order chi connectivity index (χ1) is 8.72. The van der Waals surface area contributed by atoms with Gasteiger partial charge < -0.3 is 10.5 Å². The lowest BCUT2D eigenvalue weighted by Gasteiger charge is -2.23. The third-order valence-electron chi connectivity index (χ3n) is 3.79. The zero-order valence-electron chi connectivity index (χ0n) is 10.6. The Morgan fingerprint density at radius 3 is 2.32 bits per heavy atom. The minimum absolute atomic E-state index is 0.172. The second-order valence-electron chi connectivity index (χ2n) is 4.98. The normalized spacial score (nSPS) is 19.1. The quantitative estimate of drug-likeness (QED) is 0.909. The summed E-state index contributed by atoms with van der Waals surface area (Å²) in [7, 11) is 1.23. The molecule has 106 valence electrons. The third-order valence-corrected chi connectivity index (χ3v) is 4.38. The van der Waals surface area contributed by atoms with Gasteiger partial charge in [0.05, 0.1) is 17.1 Å². The van der Waals surface area contributed by atoms with E-state index in [0.29, 0.717) is 10.0 Å². The standard InChI is InChI=1S/C13H15BrF3NO/c1-7(18)12(3-4-12)8-5-9(13(15,16)17)11(19-2)10(14)6-8/h5-7H,3-4,18H2,1-2H3. The number of methoxy groups -OCH3 is 1. The molecule has 2 nitrogen and oxygen atoms in total. The second kappa shape index (κ2) is 4.66. The Balaban J connectivity index is 2.58. The van der Waals surface area contributed by atoms with E-state index < -0.39 is 11.7 Å². The van der Waals surface area contributed by atoms with E-state index >= 15 is 0 Å². The van der Waals surface area contributed by atoms with Crippen LogP contribution in [0.4, 0.5) is 13.2 Å². The molecule has 0 saturated heterocycles. The zero-order chi connectivity index (χ0) is 14.4. The summed E-state index contributed by atoms with van der Waals surface area (Å²) in [5.74, 6) is -0.184. The number of rotatable bonds is 3. The van der Waals surface area contributed by atoms with Gasteiger partial charge >= 0.3 is 6.18 Å². The fraction of sp³-hybridized carbons (Fsp3) is 0.538. The van der Waals surface area contributed by atoms with Crippen molar-refractivity contribution in [2.24, 2.45) is 5.73 Å². The van der Waals surface area contributed by atoms with Gasteiger partial charge in [0.25, 0.3) is 0 Å². The van der Waals surface area contributed by atoms with Gasteiger partial charge in [0, 0.05) is 11.5 Å². The van der Waals surface area contributed by atoms with Crippen LogP contribution in [0, 0.1) is 0 Å². The van der Waals surface area contributed by atoms with Crippen molar-refractivity contribution < 1.29 is 17.9 Å². The van der Waals surface area contributed by atoms with Gasteiger partial charge in [-0.25, -0.2) is 0 Å². The van der Waals surface area contributed by atoms with Crippen LogP contribution in [0.5, 0.6) is 5.75 Å². The van der Waals surface area contributed by atoms with E-state index in [2.05, 4.69) is 15.9 Å². The van der Waals surface area contributed by atoms with E-state index in [9.17, 15) is 13.2 Å². The Hall–Kier alpha value is -0.750. The molecule has 1 saturated carbocycles. The highest BCUT2D eigenvalue weighted by atomic mass is 79.9. The molecule has 0 spiro atoms. The number of hydrogen-bond donors (Lipinski definition) is 1. The Bertz CT molecular complexity index is 495. The molecule has 2 rings (SSSR count). The molecule has 1 aromatic carbocycles. The predicted octanol–water partition coefficient (Wildman–Crippen LogP) is 3.86. The van der Waals surface area contributed by atoms with Crippen LogP contribution in [0.15, 0.2) is 16.6 Å². The number of benzene rings is 1. The molecule has 6 heteroatoms. The minimum atomic E-state index is -4.45.